The van der Waals surface area contributed by atoms with Gasteiger partial charge in [-0.1, -0.05) is 30.3 Å². The molecule has 0 aromatic heterocycles. The molecule has 0 unspecified atom stereocenters. The van der Waals surface area contributed by atoms with Crippen LogP contribution in [0.3, 0.4) is 0 Å². The largest absolute Gasteiger partial charge is 0.467 e. The van der Waals surface area contributed by atoms with E-state index in [1.54, 1.807) is 27.7 Å². The van der Waals surface area contributed by atoms with E-state index in [4.69, 9.17) is 9.47 Å². The van der Waals surface area contributed by atoms with Gasteiger partial charge in [-0.2, -0.15) is 0 Å². The zero-order valence-electron chi connectivity index (χ0n) is 15.4. The quantitative estimate of drug-likeness (QED) is 0.794. The first kappa shape index (κ1) is 20.5. The van der Waals surface area contributed by atoms with Crippen molar-refractivity contribution in [2.45, 2.75) is 45.9 Å². The molecule has 0 spiro atoms. The Kier molecular flexibility index (Phi) is 7.42. The number of amides is 2. The Morgan fingerprint density at radius 2 is 1.76 bits per heavy atom. The zero-order chi connectivity index (χ0) is 19.0. The van der Waals surface area contributed by atoms with Crippen molar-refractivity contribution >= 4 is 18.0 Å². The fourth-order valence-electron chi connectivity index (χ4n) is 2.08. The predicted molar refractivity (Wildman–Crippen MR) is 92.7 cm³/mol. The van der Waals surface area contributed by atoms with Crippen molar-refractivity contribution in [3.8, 4) is 0 Å². The van der Waals surface area contributed by atoms with Crippen molar-refractivity contribution in [3.05, 3.63) is 35.9 Å². The van der Waals surface area contributed by atoms with Crippen LogP contribution in [-0.4, -0.2) is 48.2 Å². The van der Waals surface area contributed by atoms with Gasteiger partial charge in [0.05, 0.1) is 7.11 Å². The second-order valence-electron chi connectivity index (χ2n) is 6.56. The third kappa shape index (κ3) is 7.24. The Balaban J connectivity index is 2.78. The van der Waals surface area contributed by atoms with Crippen molar-refractivity contribution in [2.24, 2.45) is 0 Å². The number of hydrogen-bond acceptors (Lipinski definition) is 5. The highest BCUT2D eigenvalue weighted by Crippen LogP contribution is 2.10. The van der Waals surface area contributed by atoms with E-state index < -0.39 is 29.6 Å². The lowest BCUT2D eigenvalue weighted by Crippen LogP contribution is -2.48. The first-order valence-electron chi connectivity index (χ1n) is 8.02. The molecule has 0 heterocycles. The Hall–Kier alpha value is -2.57. The van der Waals surface area contributed by atoms with Gasteiger partial charge in [-0.25, -0.2) is 9.59 Å². The lowest BCUT2D eigenvalue weighted by atomic mass is 10.1. The van der Waals surface area contributed by atoms with Gasteiger partial charge in [0.25, 0.3) is 0 Å². The molecule has 1 aromatic rings. The summed E-state index contributed by atoms with van der Waals surface area (Å²) in [6, 6.07) is 8.48. The first-order valence-corrected chi connectivity index (χ1v) is 8.02. The molecule has 0 aliphatic heterocycles. The highest BCUT2D eigenvalue weighted by molar-refractivity contribution is 5.87. The molecule has 25 heavy (non-hydrogen) atoms. The van der Waals surface area contributed by atoms with Crippen LogP contribution < -0.4 is 5.32 Å². The highest BCUT2D eigenvalue weighted by atomic mass is 16.6. The average molecular weight is 350 g/mol. The fourth-order valence-corrected chi connectivity index (χ4v) is 2.08. The maximum atomic E-state index is 12.5. The number of benzene rings is 1. The Labute approximate surface area is 148 Å². The standard InChI is InChI=1S/C18H26N2O5/c1-13(16(22)24-5)20(12-14-9-7-6-8-10-14)15(21)11-19-17(23)25-18(2,3)4/h6-10,13H,11-12H2,1-5H3,(H,19,23)/t13-/m1/s1. The number of alkyl carbamates (subject to hydrolysis) is 1. The third-order valence-electron chi connectivity index (χ3n) is 3.31. The molecule has 1 aromatic carbocycles. The van der Waals surface area contributed by atoms with Gasteiger partial charge in [-0.15, -0.1) is 0 Å². The van der Waals surface area contributed by atoms with Gasteiger partial charge in [0.15, 0.2) is 0 Å². The van der Waals surface area contributed by atoms with Crippen molar-refractivity contribution in [2.75, 3.05) is 13.7 Å². The second kappa shape index (κ2) is 9.05. The number of nitrogens with one attached hydrogen (secondary N) is 1. The van der Waals surface area contributed by atoms with Crippen LogP contribution in [0.4, 0.5) is 4.79 Å². The van der Waals surface area contributed by atoms with Crippen LogP contribution in [0.15, 0.2) is 30.3 Å². The Morgan fingerprint density at radius 1 is 1.16 bits per heavy atom. The van der Waals surface area contributed by atoms with E-state index in [1.165, 1.54) is 12.0 Å². The summed E-state index contributed by atoms with van der Waals surface area (Å²) in [4.78, 5) is 37.4. The summed E-state index contributed by atoms with van der Waals surface area (Å²) < 4.78 is 9.83. The summed E-state index contributed by atoms with van der Waals surface area (Å²) in [7, 11) is 1.27. The number of methoxy groups -OCH3 is 1. The van der Waals surface area contributed by atoms with E-state index in [1.807, 2.05) is 30.3 Å². The van der Waals surface area contributed by atoms with Gasteiger partial charge in [-0.05, 0) is 33.3 Å². The molecular formula is C18H26N2O5. The fraction of sp³-hybridized carbons (Fsp3) is 0.500. The summed E-state index contributed by atoms with van der Waals surface area (Å²) in [6.07, 6.45) is -0.689. The molecule has 7 nitrogen and oxygen atoms in total. The van der Waals surface area contributed by atoms with E-state index in [9.17, 15) is 14.4 Å². The lowest BCUT2D eigenvalue weighted by molar-refractivity contribution is -0.152. The van der Waals surface area contributed by atoms with Crippen LogP contribution in [0.25, 0.3) is 0 Å². The van der Waals surface area contributed by atoms with Crippen molar-refractivity contribution in [1.82, 2.24) is 10.2 Å². The van der Waals surface area contributed by atoms with Crippen LogP contribution in [0.5, 0.6) is 0 Å². The Bertz CT molecular complexity index is 595. The second-order valence-corrected chi connectivity index (χ2v) is 6.56. The minimum absolute atomic E-state index is 0.228. The molecule has 0 saturated carbocycles. The molecular weight excluding hydrogens is 324 g/mol. The number of hydrogen-bond donors (Lipinski definition) is 1. The van der Waals surface area contributed by atoms with Crippen LogP contribution in [0.2, 0.25) is 0 Å². The highest BCUT2D eigenvalue weighted by Gasteiger charge is 2.27. The molecule has 1 N–H and O–H groups in total. The molecule has 1 atom stereocenters. The van der Waals surface area contributed by atoms with Gasteiger partial charge in [0.1, 0.15) is 18.2 Å². The summed E-state index contributed by atoms with van der Waals surface area (Å²) in [6.45, 7) is 6.73. The minimum Gasteiger partial charge on any atom is -0.467 e. The Morgan fingerprint density at radius 3 is 2.28 bits per heavy atom. The summed E-state index contributed by atoms with van der Waals surface area (Å²) in [5.74, 6) is -0.936. The monoisotopic (exact) mass is 350 g/mol. The van der Waals surface area contributed by atoms with Crippen LogP contribution in [-0.2, 0) is 25.6 Å². The first-order chi connectivity index (χ1) is 11.6. The number of esters is 1. The maximum Gasteiger partial charge on any atom is 0.408 e. The van der Waals surface area contributed by atoms with Crippen molar-refractivity contribution in [1.29, 1.82) is 0 Å². The van der Waals surface area contributed by atoms with E-state index in [-0.39, 0.29) is 13.1 Å². The molecule has 7 heteroatoms. The lowest BCUT2D eigenvalue weighted by Gasteiger charge is -2.28. The van der Waals surface area contributed by atoms with Gasteiger partial charge in [0.2, 0.25) is 5.91 Å². The van der Waals surface area contributed by atoms with E-state index in [0.717, 1.165) is 5.56 Å². The number of carbonyl (C=O) groups is 3. The third-order valence-corrected chi connectivity index (χ3v) is 3.31. The van der Waals surface area contributed by atoms with Crippen LogP contribution >= 0.6 is 0 Å². The normalized spacial score (nSPS) is 12.0. The molecule has 0 fully saturated rings. The minimum atomic E-state index is -0.779. The van der Waals surface area contributed by atoms with Gasteiger partial charge < -0.3 is 19.7 Å². The van der Waals surface area contributed by atoms with E-state index in [2.05, 4.69) is 5.32 Å². The van der Waals surface area contributed by atoms with Crippen LogP contribution in [0.1, 0.15) is 33.3 Å². The molecule has 0 bridgehead atoms. The predicted octanol–water partition coefficient (Wildman–Crippen LogP) is 2.10. The van der Waals surface area contributed by atoms with Crippen molar-refractivity contribution < 1.29 is 23.9 Å². The molecule has 0 aliphatic carbocycles. The summed E-state index contributed by atoms with van der Waals surface area (Å²) in [5.41, 5.74) is 0.208. The molecule has 138 valence electrons. The maximum absolute atomic E-state index is 12.5. The number of ether oxygens (including phenoxy) is 2. The van der Waals surface area contributed by atoms with Gasteiger partial charge in [0, 0.05) is 6.54 Å². The van der Waals surface area contributed by atoms with E-state index in [0.29, 0.717) is 0 Å². The topological polar surface area (TPSA) is 84.9 Å². The molecule has 2 amide bonds. The number of rotatable bonds is 6. The summed E-state index contributed by atoms with van der Waals surface area (Å²) >= 11 is 0. The smallest absolute Gasteiger partial charge is 0.408 e. The molecule has 0 saturated heterocycles. The molecule has 0 radical (unpaired) electrons. The average Bonchev–Trinajstić information content (AvgIpc) is 2.55. The molecule has 0 aliphatic rings. The number of carbonyl (C=O) groups excluding carboxylic acids is 3. The van der Waals surface area contributed by atoms with E-state index >= 15 is 0 Å². The zero-order valence-corrected chi connectivity index (χ0v) is 15.4. The van der Waals surface area contributed by atoms with Gasteiger partial charge in [-0.3, -0.25) is 4.79 Å². The van der Waals surface area contributed by atoms with Gasteiger partial charge >= 0.3 is 12.1 Å². The van der Waals surface area contributed by atoms with Crippen molar-refractivity contribution in [3.63, 3.8) is 0 Å². The summed E-state index contributed by atoms with van der Waals surface area (Å²) in [5, 5.41) is 2.41. The number of nitrogens with zero attached hydrogens (tertiary/aromatic N) is 1. The molecule has 1 rings (SSSR count). The van der Waals surface area contributed by atoms with Crippen LogP contribution in [0, 0.1) is 0 Å². The SMILES string of the molecule is COC(=O)[C@@H](C)N(Cc1ccccc1)C(=O)CNC(=O)OC(C)(C)C.